The van der Waals surface area contributed by atoms with E-state index in [1.54, 1.807) is 4.88 Å². The molecule has 2 heteroatoms. The van der Waals surface area contributed by atoms with Gasteiger partial charge < -0.3 is 0 Å². The van der Waals surface area contributed by atoms with Crippen molar-refractivity contribution in [2.24, 2.45) is 11.8 Å². The van der Waals surface area contributed by atoms with Gasteiger partial charge in [0.25, 0.3) is 0 Å². The number of fused-ring (bicyclic) bond motifs is 1. The van der Waals surface area contributed by atoms with Crippen molar-refractivity contribution in [3.8, 4) is 0 Å². The van der Waals surface area contributed by atoms with E-state index in [1.165, 1.54) is 61.7 Å². The van der Waals surface area contributed by atoms with Crippen molar-refractivity contribution < 1.29 is 0 Å². The van der Waals surface area contributed by atoms with Crippen LogP contribution in [0.25, 0.3) is 10.1 Å². The highest BCUT2D eigenvalue weighted by Gasteiger charge is 2.46. The van der Waals surface area contributed by atoms with E-state index >= 15 is 0 Å². The maximum atomic E-state index is 2.88. The summed E-state index contributed by atoms with van der Waals surface area (Å²) in [6, 6.07) is 11.5. The molecule has 0 radical (unpaired) electrons. The fourth-order valence-corrected chi connectivity index (χ4v) is 6.49. The summed E-state index contributed by atoms with van der Waals surface area (Å²) >= 11 is 2.06. The van der Waals surface area contributed by atoms with Crippen LogP contribution in [0.2, 0.25) is 0 Å². The summed E-state index contributed by atoms with van der Waals surface area (Å²) < 4.78 is 1.46. The first-order valence-electron chi connectivity index (χ1n) is 9.44. The topological polar surface area (TPSA) is 3.24 Å². The molecule has 1 aromatic carbocycles. The summed E-state index contributed by atoms with van der Waals surface area (Å²) in [5.74, 6) is 1.62. The van der Waals surface area contributed by atoms with Crippen molar-refractivity contribution >= 4 is 21.4 Å². The van der Waals surface area contributed by atoms with Gasteiger partial charge in [0.1, 0.15) is 0 Å². The second-order valence-corrected chi connectivity index (χ2v) is 9.00. The second kappa shape index (κ2) is 6.22. The molecule has 1 saturated carbocycles. The zero-order valence-corrected chi connectivity index (χ0v) is 15.4. The Kier molecular flexibility index (Phi) is 4.23. The third-order valence-corrected chi connectivity index (χ3v) is 7.62. The van der Waals surface area contributed by atoms with E-state index in [2.05, 4.69) is 60.4 Å². The van der Waals surface area contributed by atoms with Crippen LogP contribution in [0.3, 0.4) is 0 Å². The van der Waals surface area contributed by atoms with Crippen molar-refractivity contribution in [1.29, 1.82) is 0 Å². The van der Waals surface area contributed by atoms with Gasteiger partial charge in [0, 0.05) is 16.1 Å². The van der Waals surface area contributed by atoms with Gasteiger partial charge in [-0.2, -0.15) is 0 Å². The minimum Gasteiger partial charge on any atom is -0.292 e. The number of hydrogen-bond acceptors (Lipinski definition) is 2. The van der Waals surface area contributed by atoms with Gasteiger partial charge in [-0.15, -0.1) is 11.3 Å². The number of piperidine rings is 1. The van der Waals surface area contributed by atoms with Crippen molar-refractivity contribution in [2.75, 3.05) is 13.1 Å². The van der Waals surface area contributed by atoms with Gasteiger partial charge in [0.05, 0.1) is 5.54 Å². The van der Waals surface area contributed by atoms with Crippen LogP contribution in [-0.4, -0.2) is 18.0 Å². The average molecular weight is 328 g/mol. The van der Waals surface area contributed by atoms with Crippen LogP contribution in [0.4, 0.5) is 0 Å². The molecule has 2 fully saturated rings. The molecule has 3 unspecified atom stereocenters. The van der Waals surface area contributed by atoms with Crippen LogP contribution in [0.15, 0.2) is 30.3 Å². The Bertz CT molecular complexity index is 642. The molecule has 23 heavy (non-hydrogen) atoms. The molecule has 1 aliphatic heterocycles. The molecule has 0 spiro atoms. The maximum Gasteiger partial charge on any atom is 0.0580 e. The molecule has 3 atom stereocenters. The molecule has 1 nitrogen and oxygen atoms in total. The highest BCUT2D eigenvalue weighted by atomic mass is 32.1. The van der Waals surface area contributed by atoms with E-state index in [9.17, 15) is 0 Å². The van der Waals surface area contributed by atoms with Gasteiger partial charge in [-0.05, 0) is 61.6 Å². The molecule has 0 N–H and O–H groups in total. The Labute approximate surface area is 144 Å². The van der Waals surface area contributed by atoms with Crippen LogP contribution in [0, 0.1) is 11.8 Å². The van der Waals surface area contributed by atoms with Gasteiger partial charge in [0.15, 0.2) is 0 Å². The molecule has 2 heterocycles. The van der Waals surface area contributed by atoms with Gasteiger partial charge in [-0.3, -0.25) is 4.90 Å². The van der Waals surface area contributed by atoms with Gasteiger partial charge in [-0.25, -0.2) is 0 Å². The largest absolute Gasteiger partial charge is 0.292 e. The third kappa shape index (κ3) is 2.64. The molecular weight excluding hydrogens is 298 g/mol. The number of nitrogens with zero attached hydrogens (tertiary/aromatic N) is 1. The van der Waals surface area contributed by atoms with E-state index in [0.29, 0.717) is 5.54 Å². The van der Waals surface area contributed by atoms with Gasteiger partial charge in [-0.1, -0.05) is 44.9 Å². The van der Waals surface area contributed by atoms with E-state index in [0.717, 1.165) is 11.8 Å². The van der Waals surface area contributed by atoms with E-state index in [1.807, 2.05) is 0 Å². The molecule has 2 aliphatic rings. The standard InChI is InChI=1S/C21H29NS/c1-16-8-7-13-22(15-16)21(12-6-5-9-17(21)2)20-14-18-10-3-4-11-19(18)23-20/h3-4,10-11,14,16-17H,5-9,12-13,15H2,1-2H3. The second-order valence-electron chi connectivity index (χ2n) is 7.91. The van der Waals surface area contributed by atoms with Crippen molar-refractivity contribution in [1.82, 2.24) is 4.90 Å². The van der Waals surface area contributed by atoms with E-state index in [-0.39, 0.29) is 0 Å². The molecule has 2 aromatic rings. The van der Waals surface area contributed by atoms with Crippen molar-refractivity contribution in [3.05, 3.63) is 35.2 Å². The number of benzene rings is 1. The molecule has 0 bridgehead atoms. The lowest BCUT2D eigenvalue weighted by Gasteiger charge is -2.52. The number of thiophene rings is 1. The Balaban J connectivity index is 1.81. The summed E-state index contributed by atoms with van der Waals surface area (Å²) in [4.78, 5) is 4.52. The van der Waals surface area contributed by atoms with Crippen LogP contribution < -0.4 is 0 Å². The van der Waals surface area contributed by atoms with Crippen LogP contribution in [-0.2, 0) is 5.54 Å². The fourth-order valence-electron chi connectivity index (χ4n) is 5.07. The monoisotopic (exact) mass is 327 g/mol. The molecule has 4 rings (SSSR count). The molecule has 1 aliphatic carbocycles. The lowest BCUT2D eigenvalue weighted by molar-refractivity contribution is -0.0209. The lowest BCUT2D eigenvalue weighted by Crippen LogP contribution is -2.54. The van der Waals surface area contributed by atoms with Crippen LogP contribution in [0.1, 0.15) is 57.2 Å². The molecule has 1 saturated heterocycles. The smallest absolute Gasteiger partial charge is 0.0580 e. The third-order valence-electron chi connectivity index (χ3n) is 6.33. The first-order chi connectivity index (χ1) is 11.2. The van der Waals surface area contributed by atoms with Crippen LogP contribution in [0.5, 0.6) is 0 Å². The normalized spacial score (nSPS) is 33.1. The Morgan fingerprint density at radius 2 is 1.96 bits per heavy atom. The molecule has 1 aromatic heterocycles. The predicted molar refractivity (Wildman–Crippen MR) is 101 cm³/mol. The summed E-state index contributed by atoms with van der Waals surface area (Å²) in [6.07, 6.45) is 8.33. The fraction of sp³-hybridized carbons (Fsp3) is 0.619. The summed E-state index contributed by atoms with van der Waals surface area (Å²) in [5.41, 5.74) is 0.302. The minimum atomic E-state index is 0.302. The van der Waals surface area contributed by atoms with Crippen LogP contribution >= 0.6 is 11.3 Å². The minimum absolute atomic E-state index is 0.302. The number of likely N-dealkylation sites (tertiary alicyclic amines) is 1. The molecule has 0 amide bonds. The highest BCUT2D eigenvalue weighted by molar-refractivity contribution is 7.19. The average Bonchev–Trinajstić information content (AvgIpc) is 3.00. The number of rotatable bonds is 2. The predicted octanol–water partition coefficient (Wildman–Crippen LogP) is 6.04. The Morgan fingerprint density at radius 1 is 1.09 bits per heavy atom. The zero-order valence-electron chi connectivity index (χ0n) is 14.6. The first-order valence-corrected chi connectivity index (χ1v) is 10.3. The van der Waals surface area contributed by atoms with Crippen molar-refractivity contribution in [3.63, 3.8) is 0 Å². The summed E-state index contributed by atoms with van der Waals surface area (Å²) in [7, 11) is 0. The van der Waals surface area contributed by atoms with Crippen molar-refractivity contribution in [2.45, 2.75) is 57.9 Å². The first kappa shape index (κ1) is 15.7. The summed E-state index contributed by atoms with van der Waals surface area (Å²) in [5, 5.41) is 1.44. The Morgan fingerprint density at radius 3 is 2.74 bits per heavy atom. The molecular formula is C21H29NS. The SMILES string of the molecule is CC1CCCN(C2(c3cc4ccccc4s3)CCCCC2C)C1. The van der Waals surface area contributed by atoms with E-state index < -0.39 is 0 Å². The molecule has 124 valence electrons. The highest BCUT2D eigenvalue weighted by Crippen LogP contribution is 2.50. The Hall–Kier alpha value is -0.860. The lowest BCUT2D eigenvalue weighted by atomic mass is 9.70. The van der Waals surface area contributed by atoms with Gasteiger partial charge in [0.2, 0.25) is 0 Å². The zero-order chi connectivity index (χ0) is 15.9. The van der Waals surface area contributed by atoms with E-state index in [4.69, 9.17) is 0 Å². The summed E-state index contributed by atoms with van der Waals surface area (Å²) in [6.45, 7) is 7.54. The van der Waals surface area contributed by atoms with Gasteiger partial charge >= 0.3 is 0 Å². The quantitative estimate of drug-likeness (QED) is 0.650. The number of hydrogen-bond donors (Lipinski definition) is 0. The maximum absolute atomic E-state index is 2.88.